The minimum Gasteiger partial charge on any atom is -0.384 e. The third-order valence-corrected chi connectivity index (χ3v) is 4.21. The van der Waals surface area contributed by atoms with E-state index in [2.05, 4.69) is 29.3 Å². The second-order valence-electron chi connectivity index (χ2n) is 6.76. The number of rotatable bonds is 9. The molecule has 1 aromatic heterocycles. The van der Waals surface area contributed by atoms with E-state index in [1.807, 2.05) is 4.90 Å². The molecule has 0 aliphatic carbocycles. The van der Waals surface area contributed by atoms with E-state index in [1.54, 1.807) is 7.11 Å². The fourth-order valence-electron chi connectivity index (χ4n) is 2.64. The lowest BCUT2D eigenvalue weighted by Crippen LogP contribution is -2.46. The lowest BCUT2D eigenvalue weighted by atomic mass is 10.1. The summed E-state index contributed by atoms with van der Waals surface area (Å²) in [4.78, 5) is 18.2. The van der Waals surface area contributed by atoms with Crippen molar-refractivity contribution >= 4 is 6.03 Å². The number of aromatic nitrogens is 2. The van der Waals surface area contributed by atoms with Gasteiger partial charge in [0.15, 0.2) is 5.82 Å². The quantitative estimate of drug-likeness (QED) is 0.729. The van der Waals surface area contributed by atoms with Gasteiger partial charge >= 0.3 is 6.03 Å². The molecule has 0 radical (unpaired) electrons. The Bertz CT molecular complexity index is 513. The maximum Gasteiger partial charge on any atom is 0.317 e. The van der Waals surface area contributed by atoms with Crippen molar-refractivity contribution in [3.63, 3.8) is 0 Å². The van der Waals surface area contributed by atoms with Crippen molar-refractivity contribution in [3.05, 3.63) is 11.7 Å². The molecule has 2 amide bonds. The molecule has 8 nitrogen and oxygen atoms in total. The van der Waals surface area contributed by atoms with Gasteiger partial charge in [0.05, 0.1) is 12.7 Å². The van der Waals surface area contributed by atoms with Gasteiger partial charge in [0.2, 0.25) is 0 Å². The Labute approximate surface area is 149 Å². The molecule has 0 aromatic carbocycles. The summed E-state index contributed by atoms with van der Waals surface area (Å²) in [6.07, 6.45) is 3.39. The smallest absolute Gasteiger partial charge is 0.317 e. The minimum atomic E-state index is 0.0267. The molecule has 0 spiro atoms. The third kappa shape index (κ3) is 6.99. The lowest BCUT2D eigenvalue weighted by molar-refractivity contribution is -0.00611. The molecule has 0 atom stereocenters. The van der Waals surface area contributed by atoms with Gasteiger partial charge < -0.3 is 24.2 Å². The summed E-state index contributed by atoms with van der Waals surface area (Å²) >= 11 is 0. The van der Waals surface area contributed by atoms with Crippen molar-refractivity contribution in [1.29, 1.82) is 0 Å². The zero-order valence-electron chi connectivity index (χ0n) is 15.5. The van der Waals surface area contributed by atoms with Gasteiger partial charge in [0, 0.05) is 33.2 Å². The average molecular weight is 354 g/mol. The summed E-state index contributed by atoms with van der Waals surface area (Å²) in [5.41, 5.74) is 0. The molecule has 2 rings (SSSR count). The zero-order valence-corrected chi connectivity index (χ0v) is 15.5. The molecule has 1 aliphatic heterocycles. The van der Waals surface area contributed by atoms with Crippen molar-refractivity contribution < 1.29 is 18.8 Å². The minimum absolute atomic E-state index is 0.0267. The predicted molar refractivity (Wildman–Crippen MR) is 92.1 cm³/mol. The Morgan fingerprint density at radius 1 is 1.40 bits per heavy atom. The van der Waals surface area contributed by atoms with Gasteiger partial charge in [-0.05, 0) is 25.2 Å². The largest absolute Gasteiger partial charge is 0.384 e. The van der Waals surface area contributed by atoms with Gasteiger partial charge in [0.25, 0.3) is 5.89 Å². The Kier molecular flexibility index (Phi) is 8.14. The highest BCUT2D eigenvalue weighted by Gasteiger charge is 2.23. The first-order valence-electron chi connectivity index (χ1n) is 9.03. The molecular weight excluding hydrogens is 324 g/mol. The van der Waals surface area contributed by atoms with E-state index in [-0.39, 0.29) is 12.1 Å². The normalized spacial score (nSPS) is 15.8. The van der Waals surface area contributed by atoms with Crippen LogP contribution < -0.4 is 5.32 Å². The Morgan fingerprint density at radius 3 is 2.84 bits per heavy atom. The highest BCUT2D eigenvalue weighted by molar-refractivity contribution is 5.74. The van der Waals surface area contributed by atoms with E-state index >= 15 is 0 Å². The van der Waals surface area contributed by atoms with E-state index in [1.165, 1.54) is 0 Å². The van der Waals surface area contributed by atoms with Crippen LogP contribution >= 0.6 is 0 Å². The number of likely N-dealkylation sites (tertiary alicyclic amines) is 1. The summed E-state index contributed by atoms with van der Waals surface area (Å²) in [5, 5.41) is 6.86. The van der Waals surface area contributed by atoms with Crippen LogP contribution in [0.15, 0.2) is 4.52 Å². The van der Waals surface area contributed by atoms with Gasteiger partial charge in [-0.3, -0.25) is 0 Å². The van der Waals surface area contributed by atoms with E-state index in [9.17, 15) is 4.79 Å². The summed E-state index contributed by atoms with van der Waals surface area (Å²) in [6.45, 7) is 7.33. The fraction of sp³-hybridized carbons (Fsp3) is 0.824. The Morgan fingerprint density at radius 2 is 2.16 bits per heavy atom. The molecule has 1 fully saturated rings. The van der Waals surface area contributed by atoms with Crippen LogP contribution in [0.2, 0.25) is 0 Å². The van der Waals surface area contributed by atoms with Gasteiger partial charge in [0.1, 0.15) is 6.61 Å². The molecule has 0 bridgehead atoms. The van der Waals surface area contributed by atoms with Crippen molar-refractivity contribution in [2.24, 2.45) is 5.92 Å². The number of hydrogen-bond acceptors (Lipinski definition) is 6. The lowest BCUT2D eigenvalue weighted by Gasteiger charge is -2.31. The van der Waals surface area contributed by atoms with Crippen LogP contribution in [-0.2, 0) is 22.5 Å². The number of hydrogen-bond donors (Lipinski definition) is 1. The van der Waals surface area contributed by atoms with Crippen molar-refractivity contribution in [2.75, 3.05) is 33.4 Å². The number of amides is 2. The topological polar surface area (TPSA) is 89.7 Å². The van der Waals surface area contributed by atoms with Crippen molar-refractivity contribution in [1.82, 2.24) is 20.4 Å². The first kappa shape index (κ1) is 19.7. The number of nitrogens with zero attached hydrogens (tertiary/aromatic N) is 3. The highest BCUT2D eigenvalue weighted by Crippen LogP contribution is 2.15. The fourth-order valence-corrected chi connectivity index (χ4v) is 2.64. The van der Waals surface area contributed by atoms with Crippen LogP contribution in [-0.4, -0.2) is 60.5 Å². The molecule has 0 unspecified atom stereocenters. The molecule has 1 saturated heterocycles. The molecule has 1 aliphatic rings. The molecule has 1 aromatic rings. The van der Waals surface area contributed by atoms with E-state index < -0.39 is 0 Å². The number of methoxy groups -OCH3 is 1. The summed E-state index contributed by atoms with van der Waals surface area (Å²) in [7, 11) is 1.64. The van der Waals surface area contributed by atoms with Crippen LogP contribution in [0.4, 0.5) is 4.79 Å². The zero-order chi connectivity index (χ0) is 18.1. The van der Waals surface area contributed by atoms with Crippen LogP contribution in [0.25, 0.3) is 0 Å². The Balaban J connectivity index is 1.63. The summed E-state index contributed by atoms with van der Waals surface area (Å²) in [6, 6.07) is 0.0267. The van der Waals surface area contributed by atoms with Crippen LogP contribution in [0.5, 0.6) is 0 Å². The molecular formula is C17H30N4O4. The molecule has 0 saturated carbocycles. The number of carbonyl (C=O) groups excluding carboxylic acids is 1. The first-order valence-corrected chi connectivity index (χ1v) is 9.03. The maximum atomic E-state index is 12.1. The SMILES string of the molecule is COCCc1noc(COC2CCN(C(=O)NCCC(C)C)CC2)n1. The monoisotopic (exact) mass is 354 g/mol. The maximum absolute atomic E-state index is 12.1. The molecule has 25 heavy (non-hydrogen) atoms. The highest BCUT2D eigenvalue weighted by atomic mass is 16.5. The third-order valence-electron chi connectivity index (χ3n) is 4.21. The van der Waals surface area contributed by atoms with Crippen molar-refractivity contribution in [2.45, 2.75) is 52.2 Å². The Hall–Kier alpha value is -1.67. The second kappa shape index (κ2) is 10.4. The number of ether oxygens (including phenoxy) is 2. The summed E-state index contributed by atoms with van der Waals surface area (Å²) in [5.74, 6) is 1.72. The number of carbonyl (C=O) groups is 1. The number of piperidine rings is 1. The van der Waals surface area contributed by atoms with Crippen molar-refractivity contribution in [3.8, 4) is 0 Å². The van der Waals surface area contributed by atoms with Gasteiger partial charge in [-0.2, -0.15) is 4.98 Å². The van der Waals surface area contributed by atoms with Gasteiger partial charge in [-0.15, -0.1) is 0 Å². The standard InChI is InChI=1S/C17H30N4O4/c1-13(2)4-8-18-17(22)21-9-5-14(6-10-21)24-12-16-19-15(20-25-16)7-11-23-3/h13-14H,4-12H2,1-3H3,(H,18,22). The van der Waals surface area contributed by atoms with Crippen LogP contribution in [0.3, 0.4) is 0 Å². The average Bonchev–Trinajstić information content (AvgIpc) is 3.06. The molecule has 8 heteroatoms. The number of urea groups is 1. The van der Waals surface area contributed by atoms with Crippen LogP contribution in [0.1, 0.15) is 44.8 Å². The van der Waals surface area contributed by atoms with Gasteiger partial charge in [-0.25, -0.2) is 4.79 Å². The molecule has 142 valence electrons. The number of nitrogens with one attached hydrogen (secondary N) is 1. The van der Waals surface area contributed by atoms with E-state index in [0.717, 1.165) is 25.8 Å². The second-order valence-corrected chi connectivity index (χ2v) is 6.76. The van der Waals surface area contributed by atoms with E-state index in [0.29, 0.717) is 50.4 Å². The first-order chi connectivity index (χ1) is 12.1. The molecule has 1 N–H and O–H groups in total. The van der Waals surface area contributed by atoms with Crippen LogP contribution in [0, 0.1) is 5.92 Å². The molecule has 2 heterocycles. The van der Waals surface area contributed by atoms with Gasteiger partial charge in [-0.1, -0.05) is 19.0 Å². The predicted octanol–water partition coefficient (Wildman–Crippen LogP) is 2.00. The summed E-state index contributed by atoms with van der Waals surface area (Å²) < 4.78 is 16.0. The van der Waals surface area contributed by atoms with E-state index in [4.69, 9.17) is 14.0 Å².